The first kappa shape index (κ1) is 20.4. The molecule has 154 valence electrons. The molecule has 0 fully saturated rings. The van der Waals surface area contributed by atoms with Gasteiger partial charge in [-0.25, -0.2) is 9.97 Å². The van der Waals surface area contributed by atoms with Gasteiger partial charge in [0.25, 0.3) is 0 Å². The maximum absolute atomic E-state index is 11.8. The quantitative estimate of drug-likeness (QED) is 0.371. The number of carbonyl (C=O) groups is 1. The topological polar surface area (TPSA) is 76.1 Å². The Morgan fingerprint density at radius 3 is 2.52 bits per heavy atom. The Balaban J connectivity index is 1.49. The third-order valence-corrected chi connectivity index (χ3v) is 4.61. The van der Waals surface area contributed by atoms with Crippen LogP contribution >= 0.6 is 11.6 Å². The van der Waals surface area contributed by atoms with Gasteiger partial charge in [-0.3, -0.25) is 4.79 Å². The van der Waals surface area contributed by atoms with Crippen LogP contribution in [0.5, 0.6) is 5.75 Å². The molecule has 4 aromatic rings. The molecule has 0 radical (unpaired) electrons. The number of aromatic nitrogens is 2. The summed E-state index contributed by atoms with van der Waals surface area (Å²) in [5.74, 6) is 1.10. The molecule has 0 saturated carbocycles. The second kappa shape index (κ2) is 9.73. The summed E-state index contributed by atoms with van der Waals surface area (Å²) < 4.78 is 5.83. The molecule has 0 aliphatic carbocycles. The fraction of sp³-hybridized carbons (Fsp3) is 0.0417. The minimum Gasteiger partial charge on any atom is -0.489 e. The summed E-state index contributed by atoms with van der Waals surface area (Å²) in [6.45, 7) is 0.511. The SMILES string of the molecule is O=C(/C=C/Cl)Nc1ccc2ncnc(Nc3ccc(OCc4ccccc4)cc3)c2c1. The highest BCUT2D eigenvalue weighted by Crippen LogP contribution is 2.27. The molecule has 0 spiro atoms. The zero-order chi connectivity index (χ0) is 21.5. The van der Waals surface area contributed by atoms with Crippen LogP contribution in [0, 0.1) is 0 Å². The van der Waals surface area contributed by atoms with Crippen molar-refractivity contribution in [3.05, 3.63) is 96.3 Å². The van der Waals surface area contributed by atoms with Gasteiger partial charge in [0.05, 0.1) is 5.52 Å². The number of fused-ring (bicyclic) bond motifs is 1. The Hall–Kier alpha value is -3.90. The van der Waals surface area contributed by atoms with Crippen LogP contribution in [-0.2, 0) is 11.4 Å². The molecule has 0 aliphatic heterocycles. The number of amides is 1. The minimum absolute atomic E-state index is 0.313. The van der Waals surface area contributed by atoms with Crippen molar-refractivity contribution in [2.24, 2.45) is 0 Å². The predicted octanol–water partition coefficient (Wildman–Crippen LogP) is 5.64. The zero-order valence-corrected chi connectivity index (χ0v) is 17.2. The number of nitrogens with one attached hydrogen (secondary N) is 2. The third kappa shape index (κ3) is 5.38. The fourth-order valence-electron chi connectivity index (χ4n) is 2.99. The number of ether oxygens (including phenoxy) is 1. The Morgan fingerprint density at radius 1 is 0.968 bits per heavy atom. The van der Waals surface area contributed by atoms with Gasteiger partial charge in [0, 0.05) is 28.4 Å². The standard InChI is InChI=1S/C24H19ClN4O2/c25-13-12-23(30)28-19-8-11-22-21(14-19)24(27-16-26-22)29-18-6-9-20(10-7-18)31-15-17-4-2-1-3-5-17/h1-14,16H,15H2,(H,28,30)(H,26,27,29)/b13-12+. The molecule has 0 unspecified atom stereocenters. The van der Waals surface area contributed by atoms with Crippen molar-refractivity contribution >= 4 is 45.6 Å². The highest BCUT2D eigenvalue weighted by Gasteiger charge is 2.07. The van der Waals surface area contributed by atoms with Crippen LogP contribution in [0.2, 0.25) is 0 Å². The van der Waals surface area contributed by atoms with Crippen molar-refractivity contribution in [1.82, 2.24) is 9.97 Å². The summed E-state index contributed by atoms with van der Waals surface area (Å²) >= 11 is 5.45. The number of halogens is 1. The summed E-state index contributed by atoms with van der Waals surface area (Å²) in [6, 6.07) is 23.1. The van der Waals surface area contributed by atoms with Gasteiger partial charge in [-0.05, 0) is 48.0 Å². The highest BCUT2D eigenvalue weighted by atomic mass is 35.5. The van der Waals surface area contributed by atoms with Gasteiger partial charge in [0.15, 0.2) is 0 Å². The van der Waals surface area contributed by atoms with E-state index in [4.69, 9.17) is 16.3 Å². The molecule has 31 heavy (non-hydrogen) atoms. The van der Waals surface area contributed by atoms with Gasteiger partial charge in [0.1, 0.15) is 24.5 Å². The number of hydrogen-bond donors (Lipinski definition) is 2. The van der Waals surface area contributed by atoms with E-state index in [2.05, 4.69) is 20.6 Å². The van der Waals surface area contributed by atoms with Crippen molar-refractivity contribution < 1.29 is 9.53 Å². The van der Waals surface area contributed by atoms with Gasteiger partial charge < -0.3 is 15.4 Å². The molecule has 1 heterocycles. The van der Waals surface area contributed by atoms with E-state index in [-0.39, 0.29) is 5.91 Å². The lowest BCUT2D eigenvalue weighted by molar-refractivity contribution is -0.111. The molecule has 7 heteroatoms. The summed E-state index contributed by atoms with van der Waals surface area (Å²) in [6.07, 6.45) is 2.74. The lowest BCUT2D eigenvalue weighted by Gasteiger charge is -2.11. The summed E-state index contributed by atoms with van der Waals surface area (Å²) in [4.78, 5) is 20.4. The van der Waals surface area contributed by atoms with Gasteiger partial charge >= 0.3 is 0 Å². The van der Waals surface area contributed by atoms with Crippen molar-refractivity contribution in [3.8, 4) is 5.75 Å². The molecular formula is C24H19ClN4O2. The molecule has 1 amide bonds. The summed E-state index contributed by atoms with van der Waals surface area (Å²) in [7, 11) is 0. The molecule has 2 N–H and O–H groups in total. The van der Waals surface area contributed by atoms with Crippen LogP contribution in [-0.4, -0.2) is 15.9 Å². The largest absolute Gasteiger partial charge is 0.489 e. The van der Waals surface area contributed by atoms with Crippen LogP contribution in [0.25, 0.3) is 10.9 Å². The average Bonchev–Trinajstić information content (AvgIpc) is 2.80. The number of benzene rings is 3. The first-order valence-corrected chi connectivity index (χ1v) is 10.0. The van der Waals surface area contributed by atoms with Crippen LogP contribution in [0.4, 0.5) is 17.2 Å². The molecule has 6 nitrogen and oxygen atoms in total. The Kier molecular flexibility index (Phi) is 6.40. The number of nitrogens with zero attached hydrogens (tertiary/aromatic N) is 2. The first-order chi connectivity index (χ1) is 15.2. The highest BCUT2D eigenvalue weighted by molar-refractivity contribution is 6.27. The second-order valence-corrected chi connectivity index (χ2v) is 6.91. The lowest BCUT2D eigenvalue weighted by atomic mass is 10.2. The number of hydrogen-bond acceptors (Lipinski definition) is 5. The monoisotopic (exact) mass is 430 g/mol. The lowest BCUT2D eigenvalue weighted by Crippen LogP contribution is -2.07. The average molecular weight is 431 g/mol. The van der Waals surface area contributed by atoms with E-state index in [0.29, 0.717) is 18.1 Å². The van der Waals surface area contributed by atoms with E-state index in [1.807, 2.05) is 66.7 Å². The predicted molar refractivity (Wildman–Crippen MR) is 124 cm³/mol. The van der Waals surface area contributed by atoms with Crippen LogP contribution in [0.15, 0.2) is 90.7 Å². The molecule has 3 aromatic carbocycles. The second-order valence-electron chi connectivity index (χ2n) is 6.66. The molecule has 0 saturated heterocycles. The van der Waals surface area contributed by atoms with Crippen LogP contribution in [0.3, 0.4) is 0 Å². The van der Waals surface area contributed by atoms with E-state index in [1.165, 1.54) is 17.9 Å². The zero-order valence-electron chi connectivity index (χ0n) is 16.5. The molecule has 0 bridgehead atoms. The Bertz CT molecular complexity index is 1210. The first-order valence-electron chi connectivity index (χ1n) is 9.57. The van der Waals surface area contributed by atoms with E-state index in [0.717, 1.165) is 27.9 Å². The van der Waals surface area contributed by atoms with Crippen molar-refractivity contribution in [1.29, 1.82) is 0 Å². The molecule has 1 aromatic heterocycles. The molecule has 4 rings (SSSR count). The molecule has 0 atom stereocenters. The maximum atomic E-state index is 11.8. The van der Waals surface area contributed by atoms with Gasteiger partial charge in [0.2, 0.25) is 5.91 Å². The van der Waals surface area contributed by atoms with Gasteiger partial charge in [-0.1, -0.05) is 41.9 Å². The van der Waals surface area contributed by atoms with Gasteiger partial charge in [-0.15, -0.1) is 0 Å². The minimum atomic E-state index is -0.313. The van der Waals surface area contributed by atoms with E-state index >= 15 is 0 Å². The van der Waals surface area contributed by atoms with Crippen molar-refractivity contribution in [2.45, 2.75) is 6.61 Å². The summed E-state index contributed by atoms with van der Waals surface area (Å²) in [5, 5.41) is 6.83. The van der Waals surface area contributed by atoms with E-state index in [9.17, 15) is 4.79 Å². The Morgan fingerprint density at radius 2 is 1.74 bits per heavy atom. The van der Waals surface area contributed by atoms with E-state index in [1.54, 1.807) is 6.07 Å². The molecule has 0 aliphatic rings. The number of carbonyl (C=O) groups excluding carboxylic acids is 1. The van der Waals surface area contributed by atoms with Crippen molar-refractivity contribution in [3.63, 3.8) is 0 Å². The third-order valence-electron chi connectivity index (χ3n) is 4.48. The summed E-state index contributed by atoms with van der Waals surface area (Å²) in [5.41, 5.74) is 4.51. The van der Waals surface area contributed by atoms with Crippen molar-refractivity contribution in [2.75, 3.05) is 10.6 Å². The maximum Gasteiger partial charge on any atom is 0.249 e. The normalized spacial score (nSPS) is 10.9. The Labute approximate surface area is 184 Å². The smallest absolute Gasteiger partial charge is 0.249 e. The van der Waals surface area contributed by atoms with E-state index < -0.39 is 0 Å². The molecular weight excluding hydrogens is 412 g/mol. The van der Waals surface area contributed by atoms with Crippen LogP contribution < -0.4 is 15.4 Å². The number of anilines is 3. The number of rotatable bonds is 7. The van der Waals surface area contributed by atoms with Crippen LogP contribution in [0.1, 0.15) is 5.56 Å². The fourth-order valence-corrected chi connectivity index (χ4v) is 3.10. The van der Waals surface area contributed by atoms with Gasteiger partial charge in [-0.2, -0.15) is 0 Å².